The number of hydrogen-bond donors (Lipinski definition) is 0. The van der Waals surface area contributed by atoms with Crippen molar-refractivity contribution in [1.82, 2.24) is 9.13 Å². The van der Waals surface area contributed by atoms with Gasteiger partial charge in [0.2, 0.25) is 0 Å². The molecule has 0 saturated heterocycles. The number of fused-ring (bicyclic) bond motifs is 6. The van der Waals surface area contributed by atoms with Crippen molar-refractivity contribution in [1.29, 1.82) is 10.5 Å². The molecule has 0 bridgehead atoms. The van der Waals surface area contributed by atoms with Crippen LogP contribution in [0.3, 0.4) is 0 Å². The Morgan fingerprint density at radius 1 is 0.338 bits per heavy atom. The van der Waals surface area contributed by atoms with Gasteiger partial charge in [-0.3, -0.25) is 0 Å². The molecule has 2 heterocycles. The molecule has 10 aromatic carbocycles. The van der Waals surface area contributed by atoms with E-state index in [2.05, 4.69) is 219 Å². The molecule has 0 aliphatic carbocycles. The first-order valence-corrected chi connectivity index (χ1v) is 23.9. The first-order valence-electron chi connectivity index (χ1n) is 23.9. The molecule has 0 aliphatic rings. The van der Waals surface area contributed by atoms with Gasteiger partial charge in [0.1, 0.15) is 5.82 Å². The number of rotatable bonds is 7. The lowest BCUT2D eigenvalue weighted by molar-refractivity contribution is 0.630. The van der Waals surface area contributed by atoms with Crippen LogP contribution >= 0.6 is 0 Å². The number of halogens is 1. The Kier molecular flexibility index (Phi) is 10.3. The van der Waals surface area contributed by atoms with Gasteiger partial charge in [-0.1, -0.05) is 121 Å². The summed E-state index contributed by atoms with van der Waals surface area (Å²) in [6.07, 6.45) is 0. The zero-order valence-electron chi connectivity index (χ0n) is 39.7. The molecule has 0 amide bonds. The summed E-state index contributed by atoms with van der Waals surface area (Å²) in [7, 11) is 0. The van der Waals surface area contributed by atoms with Gasteiger partial charge in [-0.2, -0.15) is 10.5 Å². The third-order valence-electron chi connectivity index (χ3n) is 14.4. The van der Waals surface area contributed by atoms with E-state index in [-0.39, 0.29) is 5.56 Å². The lowest BCUT2D eigenvalue weighted by atomic mass is 9.96. The third-order valence-corrected chi connectivity index (χ3v) is 14.4. The summed E-state index contributed by atoms with van der Waals surface area (Å²) >= 11 is 0. The molecule has 0 saturated carbocycles. The van der Waals surface area contributed by atoms with Crippen molar-refractivity contribution in [3.8, 4) is 79.1 Å². The van der Waals surface area contributed by atoms with Gasteiger partial charge in [0.15, 0.2) is 0 Å². The van der Waals surface area contributed by atoms with Crippen LogP contribution in [-0.2, 0) is 0 Å². The third kappa shape index (κ3) is 7.10. The van der Waals surface area contributed by atoms with Crippen LogP contribution < -0.4 is 0 Å². The standard InChI is InChI=1S/C66H45FN4/c1-40-13-5-9-17-50(40)46-22-27-60-55(34-46)56-35-47(51-18-10-6-14-41(51)2)23-28-61(56)70(60)64-32-45(39-69)33-65(66(64)54-26-21-44(38-68)31-59(54)67)71-62-29-24-48(52-19-11-7-15-42(52)3)36-57(62)58-37-49(25-30-63(58)71)53-20-12-8-16-43(53)4/h5-37H,1-4H3. The maximum Gasteiger partial charge on any atom is 0.132 e. The minimum absolute atomic E-state index is 0.219. The zero-order chi connectivity index (χ0) is 48.5. The van der Waals surface area contributed by atoms with Gasteiger partial charge in [-0.05, 0) is 173 Å². The van der Waals surface area contributed by atoms with Crippen molar-refractivity contribution in [2.45, 2.75) is 27.7 Å². The lowest BCUT2D eigenvalue weighted by Gasteiger charge is -2.21. The lowest BCUT2D eigenvalue weighted by Crippen LogP contribution is -2.06. The van der Waals surface area contributed by atoms with Gasteiger partial charge in [-0.25, -0.2) is 4.39 Å². The van der Waals surface area contributed by atoms with Crippen LogP contribution in [0.15, 0.2) is 200 Å². The van der Waals surface area contributed by atoms with E-state index >= 15 is 4.39 Å². The van der Waals surface area contributed by atoms with E-state index < -0.39 is 5.82 Å². The van der Waals surface area contributed by atoms with E-state index in [9.17, 15) is 10.5 Å². The van der Waals surface area contributed by atoms with Gasteiger partial charge < -0.3 is 9.13 Å². The summed E-state index contributed by atoms with van der Waals surface area (Å²) in [6.45, 7) is 8.53. The highest BCUT2D eigenvalue weighted by Crippen LogP contribution is 2.46. The molecule has 4 nitrogen and oxygen atoms in total. The molecule has 0 spiro atoms. The molecule has 0 radical (unpaired) electrons. The Bertz CT molecular complexity index is 3830. The molecular weight excluding hydrogens is 868 g/mol. The normalized spacial score (nSPS) is 11.4. The molecule has 71 heavy (non-hydrogen) atoms. The van der Waals surface area contributed by atoms with Crippen molar-refractivity contribution in [3.05, 3.63) is 239 Å². The summed E-state index contributed by atoms with van der Waals surface area (Å²) in [5.41, 5.74) is 20.0. The summed E-state index contributed by atoms with van der Waals surface area (Å²) in [5.74, 6) is -0.537. The molecule has 12 aromatic rings. The SMILES string of the molecule is Cc1ccccc1-c1ccc2c(c1)c1cc(-c3ccccc3C)ccc1n2-c1cc(C#N)cc(-n2c3ccc(-c4ccccc4C)cc3c3cc(-c4ccccc4C)ccc32)c1-c1ccc(C#N)cc1F. The fourth-order valence-corrected chi connectivity index (χ4v) is 10.9. The van der Waals surface area contributed by atoms with Gasteiger partial charge >= 0.3 is 0 Å². The predicted octanol–water partition coefficient (Wildman–Crippen LogP) is 17.3. The molecule has 5 heteroatoms. The molecule has 0 N–H and O–H groups in total. The van der Waals surface area contributed by atoms with Crippen LogP contribution in [0.2, 0.25) is 0 Å². The number of aryl methyl sites for hydroxylation is 4. The van der Waals surface area contributed by atoms with Crippen molar-refractivity contribution < 1.29 is 4.39 Å². The van der Waals surface area contributed by atoms with Crippen LogP contribution in [0.5, 0.6) is 0 Å². The molecular formula is C66H45FN4. The highest BCUT2D eigenvalue weighted by atomic mass is 19.1. The second-order valence-electron chi connectivity index (χ2n) is 18.7. The quantitative estimate of drug-likeness (QED) is 0.160. The summed E-state index contributed by atoms with van der Waals surface area (Å²) < 4.78 is 21.7. The largest absolute Gasteiger partial charge is 0.308 e. The van der Waals surface area contributed by atoms with Crippen LogP contribution in [0.4, 0.5) is 4.39 Å². The van der Waals surface area contributed by atoms with Crippen molar-refractivity contribution in [2.24, 2.45) is 0 Å². The Labute approximate surface area is 412 Å². The second-order valence-corrected chi connectivity index (χ2v) is 18.7. The average Bonchev–Trinajstić information content (AvgIpc) is 3.90. The zero-order valence-corrected chi connectivity index (χ0v) is 39.7. The fraction of sp³-hybridized carbons (Fsp3) is 0.0606. The Morgan fingerprint density at radius 3 is 0.958 bits per heavy atom. The summed E-state index contributed by atoms with van der Waals surface area (Å²) in [4.78, 5) is 0. The molecule has 0 unspecified atom stereocenters. The Balaban J connectivity index is 1.22. The monoisotopic (exact) mass is 912 g/mol. The van der Waals surface area contributed by atoms with E-state index in [1.807, 2.05) is 12.1 Å². The van der Waals surface area contributed by atoms with Gasteiger partial charge in [0.25, 0.3) is 0 Å². The van der Waals surface area contributed by atoms with E-state index in [1.165, 1.54) is 28.3 Å². The van der Waals surface area contributed by atoms with Crippen LogP contribution in [-0.4, -0.2) is 9.13 Å². The molecule has 0 atom stereocenters. The van der Waals surface area contributed by atoms with E-state index in [0.29, 0.717) is 28.1 Å². The van der Waals surface area contributed by atoms with Crippen molar-refractivity contribution >= 4 is 43.6 Å². The minimum atomic E-state index is -0.537. The van der Waals surface area contributed by atoms with Gasteiger partial charge in [0, 0.05) is 32.7 Å². The molecule has 2 aromatic heterocycles. The Morgan fingerprint density at radius 2 is 0.662 bits per heavy atom. The summed E-state index contributed by atoms with van der Waals surface area (Å²) in [5, 5.41) is 25.2. The number of hydrogen-bond acceptors (Lipinski definition) is 2. The maximum atomic E-state index is 17.3. The minimum Gasteiger partial charge on any atom is -0.308 e. The maximum absolute atomic E-state index is 17.3. The Hall–Kier alpha value is -9.29. The van der Waals surface area contributed by atoms with Crippen molar-refractivity contribution in [2.75, 3.05) is 0 Å². The van der Waals surface area contributed by atoms with E-state index in [1.54, 1.807) is 12.1 Å². The highest BCUT2D eigenvalue weighted by Gasteiger charge is 2.26. The topological polar surface area (TPSA) is 57.4 Å². The molecule has 336 valence electrons. The number of nitriles is 2. The summed E-state index contributed by atoms with van der Waals surface area (Å²) in [6, 6.07) is 73.1. The van der Waals surface area contributed by atoms with Crippen LogP contribution in [0.1, 0.15) is 33.4 Å². The molecule has 0 fully saturated rings. The number of nitrogens with zero attached hydrogens (tertiary/aromatic N) is 4. The fourth-order valence-electron chi connectivity index (χ4n) is 10.9. The van der Waals surface area contributed by atoms with E-state index in [0.717, 1.165) is 88.1 Å². The average molecular weight is 913 g/mol. The second kappa shape index (κ2) is 17.0. The smallest absolute Gasteiger partial charge is 0.132 e. The first-order chi connectivity index (χ1) is 34.7. The molecule has 12 rings (SSSR count). The predicted molar refractivity (Wildman–Crippen MR) is 291 cm³/mol. The van der Waals surface area contributed by atoms with E-state index in [4.69, 9.17) is 0 Å². The van der Waals surface area contributed by atoms with Crippen molar-refractivity contribution in [3.63, 3.8) is 0 Å². The number of aromatic nitrogens is 2. The van der Waals surface area contributed by atoms with Crippen LogP contribution in [0, 0.1) is 56.2 Å². The van der Waals surface area contributed by atoms with Gasteiger partial charge in [0.05, 0.1) is 56.7 Å². The first kappa shape index (κ1) is 43.0. The van der Waals surface area contributed by atoms with Gasteiger partial charge in [-0.15, -0.1) is 0 Å². The molecule has 0 aliphatic heterocycles. The number of benzene rings is 10. The van der Waals surface area contributed by atoms with Crippen LogP contribution in [0.25, 0.3) is 111 Å². The highest BCUT2D eigenvalue weighted by molar-refractivity contribution is 6.14.